The van der Waals surface area contributed by atoms with Gasteiger partial charge in [-0.2, -0.15) is 0 Å². The largest absolute Gasteiger partial charge is 0.372 e. The summed E-state index contributed by atoms with van der Waals surface area (Å²) in [6.07, 6.45) is -1.46. The van der Waals surface area contributed by atoms with Crippen molar-refractivity contribution in [3.05, 3.63) is 71.3 Å². The fourth-order valence-corrected chi connectivity index (χ4v) is 1.77. The van der Waals surface area contributed by atoms with Crippen molar-refractivity contribution in [3.63, 3.8) is 0 Å². The van der Waals surface area contributed by atoms with E-state index in [1.165, 1.54) is 0 Å². The Hall–Kier alpha value is -1.68. The first-order chi connectivity index (χ1) is 8.77. The molecule has 0 fully saturated rings. The zero-order chi connectivity index (χ0) is 12.8. The van der Waals surface area contributed by atoms with Crippen LogP contribution in [0.3, 0.4) is 0 Å². The predicted molar refractivity (Wildman–Crippen MR) is 68.6 cm³/mol. The average Bonchev–Trinajstić information content (AvgIpc) is 2.40. The van der Waals surface area contributed by atoms with Gasteiger partial charge < -0.3 is 14.9 Å². The predicted octanol–water partition coefficient (Wildman–Crippen LogP) is 2.39. The third kappa shape index (κ3) is 3.40. The molecule has 2 rings (SSSR count). The van der Waals surface area contributed by atoms with E-state index in [9.17, 15) is 10.2 Å². The Bertz CT molecular complexity index is 480. The highest BCUT2D eigenvalue weighted by molar-refractivity contribution is 5.27. The third-order valence-electron chi connectivity index (χ3n) is 2.70. The maximum absolute atomic E-state index is 9.22. The monoisotopic (exact) mass is 244 g/mol. The fraction of sp³-hybridized carbons (Fsp3) is 0.200. The second-order valence-electron chi connectivity index (χ2n) is 4.05. The van der Waals surface area contributed by atoms with Crippen molar-refractivity contribution in [2.45, 2.75) is 19.5 Å². The van der Waals surface area contributed by atoms with Crippen molar-refractivity contribution in [2.24, 2.45) is 0 Å². The van der Waals surface area contributed by atoms with Gasteiger partial charge in [-0.25, -0.2) is 0 Å². The lowest BCUT2D eigenvalue weighted by molar-refractivity contribution is -0.0443. The van der Waals surface area contributed by atoms with E-state index in [2.05, 4.69) is 0 Å². The van der Waals surface area contributed by atoms with E-state index in [1.807, 2.05) is 42.5 Å². The minimum Gasteiger partial charge on any atom is -0.372 e. The van der Waals surface area contributed by atoms with Gasteiger partial charge in [-0.05, 0) is 11.1 Å². The van der Waals surface area contributed by atoms with Crippen LogP contribution in [0.5, 0.6) is 0 Å². The van der Waals surface area contributed by atoms with E-state index in [0.29, 0.717) is 18.8 Å². The Morgan fingerprint density at radius 2 is 1.50 bits per heavy atom. The Morgan fingerprint density at radius 3 is 2.22 bits per heavy atom. The van der Waals surface area contributed by atoms with Gasteiger partial charge in [0.25, 0.3) is 0 Å². The van der Waals surface area contributed by atoms with Crippen molar-refractivity contribution in [1.29, 1.82) is 0 Å². The van der Waals surface area contributed by atoms with Crippen LogP contribution in [0.15, 0.2) is 54.6 Å². The fourth-order valence-electron chi connectivity index (χ4n) is 1.77. The lowest BCUT2D eigenvalue weighted by Crippen LogP contribution is -2.02. The first-order valence-electron chi connectivity index (χ1n) is 5.83. The van der Waals surface area contributed by atoms with Gasteiger partial charge in [0.2, 0.25) is 0 Å². The van der Waals surface area contributed by atoms with Gasteiger partial charge >= 0.3 is 0 Å². The summed E-state index contributed by atoms with van der Waals surface area (Å²) in [5.41, 5.74) is 2.38. The lowest BCUT2D eigenvalue weighted by Gasteiger charge is -2.11. The van der Waals surface area contributed by atoms with Gasteiger partial charge in [0.05, 0.1) is 13.2 Å². The Balaban J connectivity index is 1.94. The molecular formula is C15H16O3. The number of ether oxygens (including phenoxy) is 1. The lowest BCUT2D eigenvalue weighted by atomic mass is 10.1. The molecule has 0 unspecified atom stereocenters. The maximum atomic E-state index is 9.22. The smallest absolute Gasteiger partial charge is 0.178 e. The van der Waals surface area contributed by atoms with Gasteiger partial charge in [-0.3, -0.25) is 0 Å². The summed E-state index contributed by atoms with van der Waals surface area (Å²) in [5, 5.41) is 18.4. The van der Waals surface area contributed by atoms with Crippen LogP contribution in [0.4, 0.5) is 0 Å². The molecule has 3 heteroatoms. The van der Waals surface area contributed by atoms with Crippen LogP contribution in [-0.4, -0.2) is 10.2 Å². The van der Waals surface area contributed by atoms with Crippen molar-refractivity contribution < 1.29 is 14.9 Å². The van der Waals surface area contributed by atoms with E-state index >= 15 is 0 Å². The molecule has 0 saturated heterocycles. The molecule has 0 heterocycles. The molecule has 0 aliphatic heterocycles. The minimum atomic E-state index is -1.46. The molecule has 2 aromatic carbocycles. The highest BCUT2D eigenvalue weighted by atomic mass is 16.5. The normalized spacial score (nSPS) is 10.8. The summed E-state index contributed by atoms with van der Waals surface area (Å²) >= 11 is 0. The van der Waals surface area contributed by atoms with Crippen LogP contribution < -0.4 is 0 Å². The molecule has 0 aromatic heterocycles. The number of benzene rings is 2. The molecule has 18 heavy (non-hydrogen) atoms. The minimum absolute atomic E-state index is 0.364. The molecule has 0 amide bonds. The van der Waals surface area contributed by atoms with E-state index in [1.54, 1.807) is 12.1 Å². The quantitative estimate of drug-likeness (QED) is 0.794. The second-order valence-corrected chi connectivity index (χ2v) is 4.05. The Morgan fingerprint density at radius 1 is 0.833 bits per heavy atom. The molecule has 0 saturated carbocycles. The summed E-state index contributed by atoms with van der Waals surface area (Å²) < 4.78 is 5.57. The van der Waals surface area contributed by atoms with Gasteiger partial charge in [0.1, 0.15) is 0 Å². The number of aliphatic hydroxyl groups is 2. The zero-order valence-electron chi connectivity index (χ0n) is 9.99. The molecule has 0 radical (unpaired) electrons. The summed E-state index contributed by atoms with van der Waals surface area (Å²) in [4.78, 5) is 0. The van der Waals surface area contributed by atoms with Crippen LogP contribution in [0.25, 0.3) is 0 Å². The molecule has 0 aliphatic carbocycles. The van der Waals surface area contributed by atoms with Crippen molar-refractivity contribution in [3.8, 4) is 0 Å². The maximum Gasteiger partial charge on any atom is 0.178 e. The molecule has 3 nitrogen and oxygen atoms in total. The van der Waals surface area contributed by atoms with Crippen LogP contribution >= 0.6 is 0 Å². The molecule has 0 bridgehead atoms. The standard InChI is InChI=1S/C15H16O3/c16-15(17)14-9-5-4-8-13(14)11-18-10-12-6-2-1-3-7-12/h1-9,15-17H,10-11H2. The summed E-state index contributed by atoms with van der Waals surface area (Å²) in [6.45, 7) is 0.874. The van der Waals surface area contributed by atoms with Gasteiger partial charge in [0.15, 0.2) is 6.29 Å². The number of aliphatic hydroxyl groups excluding tert-OH is 1. The van der Waals surface area contributed by atoms with E-state index in [0.717, 1.165) is 11.1 Å². The molecule has 2 N–H and O–H groups in total. The second kappa shape index (κ2) is 6.31. The number of rotatable bonds is 5. The molecule has 0 atom stereocenters. The molecule has 2 aromatic rings. The number of hydrogen-bond acceptors (Lipinski definition) is 3. The van der Waals surface area contributed by atoms with Crippen LogP contribution in [0, 0.1) is 0 Å². The van der Waals surface area contributed by atoms with Crippen LogP contribution in [-0.2, 0) is 18.0 Å². The summed E-state index contributed by atoms with van der Waals surface area (Å²) in [6, 6.07) is 17.0. The van der Waals surface area contributed by atoms with Crippen molar-refractivity contribution >= 4 is 0 Å². The summed E-state index contributed by atoms with van der Waals surface area (Å²) in [7, 11) is 0. The van der Waals surface area contributed by atoms with Gasteiger partial charge in [-0.15, -0.1) is 0 Å². The highest BCUT2D eigenvalue weighted by Crippen LogP contribution is 2.17. The SMILES string of the molecule is OC(O)c1ccccc1COCc1ccccc1. The first kappa shape index (κ1) is 12.8. The van der Waals surface area contributed by atoms with Crippen molar-refractivity contribution in [2.75, 3.05) is 0 Å². The van der Waals surface area contributed by atoms with E-state index in [-0.39, 0.29) is 0 Å². The number of hydrogen-bond donors (Lipinski definition) is 2. The average molecular weight is 244 g/mol. The van der Waals surface area contributed by atoms with Gasteiger partial charge in [-0.1, -0.05) is 54.6 Å². The van der Waals surface area contributed by atoms with Crippen LogP contribution in [0.2, 0.25) is 0 Å². The Labute approximate surface area is 106 Å². The van der Waals surface area contributed by atoms with Crippen molar-refractivity contribution in [1.82, 2.24) is 0 Å². The Kier molecular flexibility index (Phi) is 4.47. The van der Waals surface area contributed by atoms with Crippen LogP contribution in [0.1, 0.15) is 23.0 Å². The highest BCUT2D eigenvalue weighted by Gasteiger charge is 2.08. The zero-order valence-corrected chi connectivity index (χ0v) is 9.99. The molecular weight excluding hydrogens is 228 g/mol. The summed E-state index contributed by atoms with van der Waals surface area (Å²) in [5.74, 6) is 0. The molecule has 0 aliphatic rings. The van der Waals surface area contributed by atoms with E-state index in [4.69, 9.17) is 4.74 Å². The van der Waals surface area contributed by atoms with E-state index < -0.39 is 6.29 Å². The first-order valence-corrected chi connectivity index (χ1v) is 5.83. The van der Waals surface area contributed by atoms with Gasteiger partial charge in [0, 0.05) is 5.56 Å². The third-order valence-corrected chi connectivity index (χ3v) is 2.70. The molecule has 94 valence electrons. The molecule has 0 spiro atoms. The topological polar surface area (TPSA) is 49.7 Å².